The van der Waals surface area contributed by atoms with E-state index >= 15 is 0 Å². The molecule has 2 atom stereocenters. The third-order valence-corrected chi connectivity index (χ3v) is 4.03. The molecule has 2 unspecified atom stereocenters. The summed E-state index contributed by atoms with van der Waals surface area (Å²) in [6.45, 7) is 4.18. The third kappa shape index (κ3) is 2.95. The van der Waals surface area contributed by atoms with Crippen molar-refractivity contribution in [1.29, 1.82) is 0 Å². The molecular weight excluding hydrogens is 240 g/mol. The maximum absolute atomic E-state index is 6.16. The van der Waals surface area contributed by atoms with Crippen LogP contribution < -0.4 is 20.1 Å². The summed E-state index contributed by atoms with van der Waals surface area (Å²) in [4.78, 5) is 2.35. The van der Waals surface area contributed by atoms with Crippen LogP contribution in [0.4, 0.5) is 5.69 Å². The highest BCUT2D eigenvalue weighted by Crippen LogP contribution is 2.35. The standard InChI is InChI=1S/C15H24N2O2/c1-4-13(16)11-7-8-17(10-11)14-9-12(18-2)5-6-15(14)19-3/h5-6,9,11,13H,4,7-8,10,16H2,1-3H3. The van der Waals surface area contributed by atoms with Gasteiger partial charge in [-0.25, -0.2) is 0 Å². The molecule has 2 rings (SSSR count). The molecule has 1 fully saturated rings. The molecule has 1 saturated heterocycles. The summed E-state index contributed by atoms with van der Waals surface area (Å²) >= 11 is 0. The maximum atomic E-state index is 6.16. The number of nitrogens with zero attached hydrogens (tertiary/aromatic N) is 1. The fourth-order valence-corrected chi connectivity index (χ4v) is 2.73. The number of ether oxygens (including phenoxy) is 2. The van der Waals surface area contributed by atoms with Crippen LogP contribution in [0.5, 0.6) is 11.5 Å². The van der Waals surface area contributed by atoms with E-state index in [0.29, 0.717) is 12.0 Å². The lowest BCUT2D eigenvalue weighted by Crippen LogP contribution is -2.31. The molecule has 0 radical (unpaired) electrons. The summed E-state index contributed by atoms with van der Waals surface area (Å²) < 4.78 is 10.8. The van der Waals surface area contributed by atoms with E-state index in [-0.39, 0.29) is 0 Å². The second-order valence-corrected chi connectivity index (χ2v) is 5.10. The zero-order valence-corrected chi connectivity index (χ0v) is 12.1. The highest BCUT2D eigenvalue weighted by molar-refractivity contribution is 5.62. The van der Waals surface area contributed by atoms with Gasteiger partial charge in [-0.15, -0.1) is 0 Å². The molecule has 19 heavy (non-hydrogen) atoms. The van der Waals surface area contributed by atoms with Gasteiger partial charge < -0.3 is 20.1 Å². The van der Waals surface area contributed by atoms with Crippen LogP contribution >= 0.6 is 0 Å². The second-order valence-electron chi connectivity index (χ2n) is 5.10. The van der Waals surface area contributed by atoms with Gasteiger partial charge in [-0.3, -0.25) is 0 Å². The predicted octanol–water partition coefficient (Wildman–Crippen LogP) is 2.27. The van der Waals surface area contributed by atoms with Crippen molar-refractivity contribution in [3.8, 4) is 11.5 Å². The summed E-state index contributed by atoms with van der Waals surface area (Å²) in [5.41, 5.74) is 7.27. The van der Waals surface area contributed by atoms with E-state index in [1.165, 1.54) is 0 Å². The van der Waals surface area contributed by atoms with Gasteiger partial charge in [-0.1, -0.05) is 6.92 Å². The number of benzene rings is 1. The maximum Gasteiger partial charge on any atom is 0.142 e. The Labute approximate surface area is 115 Å². The molecule has 1 aliphatic rings. The topological polar surface area (TPSA) is 47.7 Å². The van der Waals surface area contributed by atoms with Gasteiger partial charge >= 0.3 is 0 Å². The summed E-state index contributed by atoms with van der Waals surface area (Å²) in [6, 6.07) is 6.22. The van der Waals surface area contributed by atoms with Crippen LogP contribution in [0.2, 0.25) is 0 Å². The molecule has 0 spiro atoms. The lowest BCUT2D eigenvalue weighted by Gasteiger charge is -2.23. The van der Waals surface area contributed by atoms with Gasteiger partial charge in [-0.05, 0) is 30.9 Å². The number of hydrogen-bond acceptors (Lipinski definition) is 4. The Morgan fingerprint density at radius 2 is 2.16 bits per heavy atom. The van der Waals surface area contributed by atoms with Crippen molar-refractivity contribution in [1.82, 2.24) is 0 Å². The van der Waals surface area contributed by atoms with Crippen molar-refractivity contribution in [2.24, 2.45) is 11.7 Å². The van der Waals surface area contributed by atoms with Crippen molar-refractivity contribution in [3.63, 3.8) is 0 Å². The molecule has 0 aliphatic carbocycles. The molecule has 1 aromatic rings. The summed E-state index contributed by atoms with van der Waals surface area (Å²) in [5.74, 6) is 2.33. The highest BCUT2D eigenvalue weighted by Gasteiger charge is 2.28. The van der Waals surface area contributed by atoms with E-state index in [4.69, 9.17) is 15.2 Å². The molecule has 1 heterocycles. The molecular formula is C15H24N2O2. The minimum absolute atomic E-state index is 0.293. The third-order valence-electron chi connectivity index (χ3n) is 4.03. The monoisotopic (exact) mass is 264 g/mol. The first-order valence-corrected chi connectivity index (χ1v) is 6.92. The van der Waals surface area contributed by atoms with E-state index in [1.807, 2.05) is 18.2 Å². The van der Waals surface area contributed by atoms with Crippen LogP contribution in [0.1, 0.15) is 19.8 Å². The average molecular weight is 264 g/mol. The minimum atomic E-state index is 0.293. The molecule has 1 aliphatic heterocycles. The molecule has 4 nitrogen and oxygen atoms in total. The first kappa shape index (κ1) is 14.0. The van der Waals surface area contributed by atoms with Crippen LogP contribution in [0, 0.1) is 5.92 Å². The fraction of sp³-hybridized carbons (Fsp3) is 0.600. The predicted molar refractivity (Wildman–Crippen MR) is 78.1 cm³/mol. The van der Waals surface area contributed by atoms with E-state index in [0.717, 1.165) is 43.1 Å². The van der Waals surface area contributed by atoms with Crippen LogP contribution in [0.15, 0.2) is 18.2 Å². The van der Waals surface area contributed by atoms with Crippen LogP contribution in [0.25, 0.3) is 0 Å². The lowest BCUT2D eigenvalue weighted by molar-refractivity contribution is 0.402. The number of rotatable bonds is 5. The molecule has 4 heteroatoms. The SMILES string of the molecule is CCC(N)C1CCN(c2cc(OC)ccc2OC)C1. The Kier molecular flexibility index (Phi) is 4.53. The van der Waals surface area contributed by atoms with Gasteiger partial charge in [0.15, 0.2) is 0 Å². The summed E-state index contributed by atoms with van der Waals surface area (Å²) in [5, 5.41) is 0. The Morgan fingerprint density at radius 3 is 2.79 bits per heavy atom. The van der Waals surface area contributed by atoms with E-state index < -0.39 is 0 Å². The van der Waals surface area contributed by atoms with E-state index in [2.05, 4.69) is 11.8 Å². The Hall–Kier alpha value is -1.42. The van der Waals surface area contributed by atoms with Crippen LogP contribution in [-0.4, -0.2) is 33.4 Å². The molecule has 1 aromatic carbocycles. The summed E-state index contributed by atoms with van der Waals surface area (Å²) in [6.07, 6.45) is 2.18. The molecule has 0 aromatic heterocycles. The molecule has 0 bridgehead atoms. The van der Waals surface area contributed by atoms with Crippen molar-refractivity contribution in [3.05, 3.63) is 18.2 Å². The van der Waals surface area contributed by atoms with Crippen LogP contribution in [-0.2, 0) is 0 Å². The molecule has 2 N–H and O–H groups in total. The minimum Gasteiger partial charge on any atom is -0.497 e. The normalized spacial score (nSPS) is 20.4. The second kappa shape index (κ2) is 6.15. The first-order valence-electron chi connectivity index (χ1n) is 6.92. The highest BCUT2D eigenvalue weighted by atomic mass is 16.5. The molecule has 0 saturated carbocycles. The molecule has 0 amide bonds. The lowest BCUT2D eigenvalue weighted by atomic mass is 9.98. The van der Waals surface area contributed by atoms with Gasteiger partial charge in [-0.2, -0.15) is 0 Å². The van der Waals surface area contributed by atoms with E-state index in [1.54, 1.807) is 14.2 Å². The number of hydrogen-bond donors (Lipinski definition) is 1. The largest absolute Gasteiger partial charge is 0.497 e. The average Bonchev–Trinajstić information content (AvgIpc) is 2.95. The zero-order valence-electron chi connectivity index (χ0n) is 12.1. The smallest absolute Gasteiger partial charge is 0.142 e. The Bertz CT molecular complexity index is 423. The van der Waals surface area contributed by atoms with Gasteiger partial charge in [0.2, 0.25) is 0 Å². The Balaban J connectivity index is 2.18. The fourth-order valence-electron chi connectivity index (χ4n) is 2.73. The van der Waals surface area contributed by atoms with Crippen molar-refractivity contribution in [2.75, 3.05) is 32.2 Å². The quantitative estimate of drug-likeness (QED) is 0.886. The number of anilines is 1. The number of methoxy groups -OCH3 is 2. The van der Waals surface area contributed by atoms with Gasteiger partial charge in [0.1, 0.15) is 11.5 Å². The van der Waals surface area contributed by atoms with Crippen molar-refractivity contribution < 1.29 is 9.47 Å². The van der Waals surface area contributed by atoms with Crippen LogP contribution in [0.3, 0.4) is 0 Å². The summed E-state index contributed by atoms with van der Waals surface area (Å²) in [7, 11) is 3.39. The number of nitrogens with two attached hydrogens (primary N) is 1. The van der Waals surface area contributed by atoms with Gasteiger partial charge in [0.05, 0.1) is 19.9 Å². The van der Waals surface area contributed by atoms with Crippen molar-refractivity contribution >= 4 is 5.69 Å². The van der Waals surface area contributed by atoms with Gasteiger partial charge in [0, 0.05) is 25.2 Å². The first-order chi connectivity index (χ1) is 9.19. The van der Waals surface area contributed by atoms with E-state index in [9.17, 15) is 0 Å². The molecule has 106 valence electrons. The zero-order chi connectivity index (χ0) is 13.8. The van der Waals surface area contributed by atoms with Gasteiger partial charge in [0.25, 0.3) is 0 Å². The van der Waals surface area contributed by atoms with Crippen molar-refractivity contribution in [2.45, 2.75) is 25.8 Å². The Morgan fingerprint density at radius 1 is 1.37 bits per heavy atom.